The first-order chi connectivity index (χ1) is 8.20. The summed E-state index contributed by atoms with van der Waals surface area (Å²) < 4.78 is 5.08. The van der Waals surface area contributed by atoms with Gasteiger partial charge in [0.05, 0.1) is 0 Å². The lowest BCUT2D eigenvalue weighted by molar-refractivity contribution is -0.146. The molecule has 1 fully saturated rings. The second kappa shape index (κ2) is 4.99. The molecule has 4 heteroatoms. The van der Waals surface area contributed by atoms with E-state index in [9.17, 15) is 9.59 Å². The summed E-state index contributed by atoms with van der Waals surface area (Å²) in [6.07, 6.45) is 1.11. The third-order valence-electron chi connectivity index (χ3n) is 2.88. The average molecular weight is 233 g/mol. The summed E-state index contributed by atoms with van der Waals surface area (Å²) in [4.78, 5) is 23.4. The summed E-state index contributed by atoms with van der Waals surface area (Å²) in [5.74, 6) is -1.36. The minimum Gasteiger partial charge on any atom is -0.462 e. The van der Waals surface area contributed by atoms with Crippen LogP contribution in [0, 0.1) is 5.92 Å². The molecule has 1 aromatic carbocycles. The normalized spacial score (nSPS) is 23.2. The number of ether oxygens (including phenoxy) is 1. The summed E-state index contributed by atoms with van der Waals surface area (Å²) in [6.45, 7) is 1.94. The van der Waals surface area contributed by atoms with E-state index in [1.807, 2.05) is 25.1 Å². The molecule has 1 aliphatic heterocycles. The summed E-state index contributed by atoms with van der Waals surface area (Å²) in [5, 5.41) is 2.72. The van der Waals surface area contributed by atoms with E-state index in [0.29, 0.717) is 12.1 Å². The Labute approximate surface area is 100.0 Å². The molecule has 17 heavy (non-hydrogen) atoms. The molecule has 1 aliphatic rings. The topological polar surface area (TPSA) is 55.4 Å². The Morgan fingerprint density at radius 2 is 2.12 bits per heavy atom. The van der Waals surface area contributed by atoms with Gasteiger partial charge in [-0.25, -0.2) is 0 Å². The Balaban J connectivity index is 1.99. The van der Waals surface area contributed by atoms with Gasteiger partial charge in [0.15, 0.2) is 0 Å². The van der Waals surface area contributed by atoms with Crippen molar-refractivity contribution in [3.05, 3.63) is 30.3 Å². The van der Waals surface area contributed by atoms with Crippen LogP contribution in [0.25, 0.3) is 0 Å². The predicted molar refractivity (Wildman–Crippen MR) is 63.3 cm³/mol. The fourth-order valence-electron chi connectivity index (χ4n) is 1.87. The minimum absolute atomic E-state index is 0.117. The zero-order valence-corrected chi connectivity index (χ0v) is 9.68. The van der Waals surface area contributed by atoms with Crippen molar-refractivity contribution in [2.75, 3.05) is 5.32 Å². The molecule has 2 atom stereocenters. The van der Waals surface area contributed by atoms with Gasteiger partial charge in [-0.15, -0.1) is 0 Å². The Kier molecular flexibility index (Phi) is 3.42. The number of para-hydroxylation sites is 1. The molecule has 0 spiro atoms. The van der Waals surface area contributed by atoms with Crippen LogP contribution in [-0.2, 0) is 14.3 Å². The van der Waals surface area contributed by atoms with Gasteiger partial charge in [0.25, 0.3) is 0 Å². The summed E-state index contributed by atoms with van der Waals surface area (Å²) >= 11 is 0. The summed E-state index contributed by atoms with van der Waals surface area (Å²) in [7, 11) is 0. The number of esters is 1. The number of anilines is 1. The second-order valence-electron chi connectivity index (χ2n) is 4.11. The Morgan fingerprint density at radius 3 is 2.71 bits per heavy atom. The third-order valence-corrected chi connectivity index (χ3v) is 2.88. The van der Waals surface area contributed by atoms with E-state index in [0.717, 1.165) is 6.42 Å². The van der Waals surface area contributed by atoms with E-state index in [1.165, 1.54) is 0 Å². The first-order valence-corrected chi connectivity index (χ1v) is 5.77. The molecule has 0 radical (unpaired) electrons. The average Bonchev–Trinajstić information content (AvgIpc) is 2.72. The SMILES string of the molecule is CC[C@H]1C[C@@H](C(=O)Nc2ccccc2)C(=O)O1. The number of rotatable bonds is 3. The number of nitrogens with one attached hydrogen (secondary N) is 1. The van der Waals surface area contributed by atoms with Crippen LogP contribution in [0.15, 0.2) is 30.3 Å². The standard InChI is InChI=1S/C13H15NO3/c1-2-10-8-11(13(16)17-10)12(15)14-9-6-4-3-5-7-9/h3-7,10-11H,2,8H2,1H3,(H,14,15)/t10-,11-/m0/s1. The van der Waals surface area contributed by atoms with Gasteiger partial charge in [0, 0.05) is 12.1 Å². The molecule has 2 rings (SSSR count). The molecule has 4 nitrogen and oxygen atoms in total. The van der Waals surface area contributed by atoms with Gasteiger partial charge in [-0.3, -0.25) is 9.59 Å². The number of cyclic esters (lactones) is 1. The highest BCUT2D eigenvalue weighted by atomic mass is 16.6. The second-order valence-corrected chi connectivity index (χ2v) is 4.11. The molecule has 0 saturated carbocycles. The lowest BCUT2D eigenvalue weighted by Gasteiger charge is -2.07. The molecule has 0 unspecified atom stereocenters. The van der Waals surface area contributed by atoms with Gasteiger partial charge in [0.1, 0.15) is 12.0 Å². The van der Waals surface area contributed by atoms with Crippen molar-refractivity contribution in [2.45, 2.75) is 25.9 Å². The zero-order valence-electron chi connectivity index (χ0n) is 9.68. The van der Waals surface area contributed by atoms with Gasteiger partial charge >= 0.3 is 5.97 Å². The van der Waals surface area contributed by atoms with Crippen LogP contribution in [0.4, 0.5) is 5.69 Å². The Hall–Kier alpha value is -1.84. The molecule has 1 amide bonds. The van der Waals surface area contributed by atoms with Crippen molar-refractivity contribution in [2.24, 2.45) is 5.92 Å². The lowest BCUT2D eigenvalue weighted by atomic mass is 10.0. The van der Waals surface area contributed by atoms with Crippen LogP contribution in [0.5, 0.6) is 0 Å². The van der Waals surface area contributed by atoms with Crippen LogP contribution in [0.1, 0.15) is 19.8 Å². The number of hydrogen-bond donors (Lipinski definition) is 1. The van der Waals surface area contributed by atoms with E-state index in [-0.39, 0.29) is 12.0 Å². The number of carbonyl (C=O) groups excluding carboxylic acids is 2. The van der Waals surface area contributed by atoms with Crippen LogP contribution < -0.4 is 5.32 Å². The van der Waals surface area contributed by atoms with E-state index in [1.54, 1.807) is 12.1 Å². The smallest absolute Gasteiger partial charge is 0.318 e. The van der Waals surface area contributed by atoms with E-state index < -0.39 is 11.9 Å². The molecule has 1 saturated heterocycles. The molecular weight excluding hydrogens is 218 g/mol. The van der Waals surface area contributed by atoms with Crippen molar-refractivity contribution >= 4 is 17.6 Å². The summed E-state index contributed by atoms with van der Waals surface area (Å²) in [6, 6.07) is 9.10. The van der Waals surface area contributed by atoms with E-state index in [4.69, 9.17) is 4.74 Å². The van der Waals surface area contributed by atoms with Crippen molar-refractivity contribution in [1.82, 2.24) is 0 Å². The van der Waals surface area contributed by atoms with Crippen molar-refractivity contribution in [3.63, 3.8) is 0 Å². The van der Waals surface area contributed by atoms with Gasteiger partial charge in [-0.2, -0.15) is 0 Å². The molecule has 1 heterocycles. The molecular formula is C13H15NO3. The van der Waals surface area contributed by atoms with Gasteiger partial charge in [0.2, 0.25) is 5.91 Å². The monoisotopic (exact) mass is 233 g/mol. The van der Waals surface area contributed by atoms with E-state index in [2.05, 4.69) is 5.32 Å². The summed E-state index contributed by atoms with van der Waals surface area (Å²) in [5.41, 5.74) is 0.699. The first kappa shape index (κ1) is 11.6. The van der Waals surface area contributed by atoms with Crippen LogP contribution in [0.3, 0.4) is 0 Å². The number of amides is 1. The fourth-order valence-corrected chi connectivity index (χ4v) is 1.87. The van der Waals surface area contributed by atoms with Crippen LogP contribution in [-0.4, -0.2) is 18.0 Å². The first-order valence-electron chi connectivity index (χ1n) is 5.77. The predicted octanol–water partition coefficient (Wildman–Crippen LogP) is 1.97. The molecule has 1 N–H and O–H groups in total. The highest BCUT2D eigenvalue weighted by Gasteiger charge is 2.38. The molecule has 0 bridgehead atoms. The van der Waals surface area contributed by atoms with Crippen molar-refractivity contribution in [3.8, 4) is 0 Å². The van der Waals surface area contributed by atoms with Crippen LogP contribution >= 0.6 is 0 Å². The number of carbonyl (C=O) groups is 2. The maximum absolute atomic E-state index is 11.9. The fraction of sp³-hybridized carbons (Fsp3) is 0.385. The zero-order chi connectivity index (χ0) is 12.3. The maximum atomic E-state index is 11.9. The molecule has 1 aromatic rings. The van der Waals surface area contributed by atoms with Crippen LogP contribution in [0.2, 0.25) is 0 Å². The largest absolute Gasteiger partial charge is 0.462 e. The third kappa shape index (κ3) is 2.64. The highest BCUT2D eigenvalue weighted by molar-refractivity contribution is 6.05. The van der Waals surface area contributed by atoms with E-state index >= 15 is 0 Å². The molecule has 0 aliphatic carbocycles. The highest BCUT2D eigenvalue weighted by Crippen LogP contribution is 2.24. The lowest BCUT2D eigenvalue weighted by Crippen LogP contribution is -2.26. The van der Waals surface area contributed by atoms with Gasteiger partial charge < -0.3 is 10.1 Å². The van der Waals surface area contributed by atoms with Gasteiger partial charge in [-0.1, -0.05) is 25.1 Å². The Morgan fingerprint density at radius 1 is 1.41 bits per heavy atom. The molecule has 0 aromatic heterocycles. The van der Waals surface area contributed by atoms with Crippen molar-refractivity contribution in [1.29, 1.82) is 0 Å². The molecule has 90 valence electrons. The van der Waals surface area contributed by atoms with Gasteiger partial charge in [-0.05, 0) is 18.6 Å². The maximum Gasteiger partial charge on any atom is 0.318 e. The quantitative estimate of drug-likeness (QED) is 0.641. The van der Waals surface area contributed by atoms with Crippen molar-refractivity contribution < 1.29 is 14.3 Å². The number of hydrogen-bond acceptors (Lipinski definition) is 3. The number of benzene rings is 1. The Bertz CT molecular complexity index is 416. The minimum atomic E-state index is -0.667.